The summed E-state index contributed by atoms with van der Waals surface area (Å²) in [5.41, 5.74) is 3.83. The summed E-state index contributed by atoms with van der Waals surface area (Å²) in [5.74, 6) is 0. The fourth-order valence-electron chi connectivity index (χ4n) is 1.61. The predicted octanol–water partition coefficient (Wildman–Crippen LogP) is 4.79. The minimum absolute atomic E-state index is 1.27. The first-order valence-corrected chi connectivity index (χ1v) is 5.34. The topological polar surface area (TPSA) is 0 Å². The fraction of sp³-hybridized carbons (Fsp3) is 0.200. The second-order valence-corrected chi connectivity index (χ2v) is 3.35. The molecule has 78 valence electrons. The Morgan fingerprint density at radius 2 is 1.20 bits per heavy atom. The average molecular weight is 198 g/mol. The van der Waals surface area contributed by atoms with Gasteiger partial charge in [-0.3, -0.25) is 0 Å². The van der Waals surface area contributed by atoms with Crippen molar-refractivity contribution in [2.24, 2.45) is 0 Å². The lowest BCUT2D eigenvalue weighted by atomic mass is 9.99. The van der Waals surface area contributed by atoms with E-state index in [4.69, 9.17) is 0 Å². The average Bonchev–Trinajstić information content (AvgIpc) is 2.23. The molecular formula is C15H18. The smallest absolute Gasteiger partial charge is 0.0115 e. The molecule has 0 heterocycles. The summed E-state index contributed by atoms with van der Waals surface area (Å²) < 4.78 is 0. The van der Waals surface area contributed by atoms with E-state index in [1.807, 2.05) is 20.8 Å². The summed E-state index contributed by atoms with van der Waals surface area (Å²) in [6, 6.07) is 6.38. The Kier molecular flexibility index (Phi) is 4.62. The van der Waals surface area contributed by atoms with E-state index in [1.165, 1.54) is 16.7 Å². The highest BCUT2D eigenvalue weighted by Gasteiger charge is 1.99. The van der Waals surface area contributed by atoms with Crippen LogP contribution in [-0.2, 0) is 0 Å². The van der Waals surface area contributed by atoms with Gasteiger partial charge in [0.15, 0.2) is 0 Å². The fourth-order valence-corrected chi connectivity index (χ4v) is 1.61. The van der Waals surface area contributed by atoms with E-state index < -0.39 is 0 Å². The van der Waals surface area contributed by atoms with E-state index in [0.29, 0.717) is 0 Å². The zero-order chi connectivity index (χ0) is 11.1. The Hall–Kier alpha value is -1.56. The molecule has 0 heteroatoms. The minimum Gasteiger partial charge on any atom is -0.0870 e. The second kappa shape index (κ2) is 6.02. The quantitative estimate of drug-likeness (QED) is 0.655. The van der Waals surface area contributed by atoms with Gasteiger partial charge in [-0.1, -0.05) is 54.7 Å². The van der Waals surface area contributed by atoms with Crippen molar-refractivity contribution in [3.63, 3.8) is 0 Å². The molecule has 0 nitrogen and oxygen atoms in total. The van der Waals surface area contributed by atoms with Gasteiger partial charge >= 0.3 is 0 Å². The molecule has 0 bridgehead atoms. The van der Waals surface area contributed by atoms with Crippen LogP contribution in [0.2, 0.25) is 0 Å². The van der Waals surface area contributed by atoms with Crippen molar-refractivity contribution in [3.05, 3.63) is 53.1 Å². The van der Waals surface area contributed by atoms with Crippen LogP contribution in [0.4, 0.5) is 0 Å². The molecule has 0 amide bonds. The third-order valence-corrected chi connectivity index (χ3v) is 2.20. The molecule has 0 radical (unpaired) electrons. The maximum Gasteiger partial charge on any atom is -0.0115 e. The molecule has 0 N–H and O–H groups in total. The summed E-state index contributed by atoms with van der Waals surface area (Å²) in [4.78, 5) is 0. The molecule has 1 aromatic rings. The van der Waals surface area contributed by atoms with Crippen LogP contribution in [0.25, 0.3) is 18.2 Å². The number of benzene rings is 1. The molecular weight excluding hydrogens is 180 g/mol. The van der Waals surface area contributed by atoms with E-state index in [2.05, 4.69) is 54.7 Å². The number of allylic oxidation sites excluding steroid dienone is 3. The van der Waals surface area contributed by atoms with Crippen molar-refractivity contribution in [2.75, 3.05) is 0 Å². The van der Waals surface area contributed by atoms with E-state index in [-0.39, 0.29) is 0 Å². The van der Waals surface area contributed by atoms with Gasteiger partial charge in [0.2, 0.25) is 0 Å². The summed E-state index contributed by atoms with van der Waals surface area (Å²) in [6.07, 6.45) is 12.7. The summed E-state index contributed by atoms with van der Waals surface area (Å²) >= 11 is 0. The molecule has 15 heavy (non-hydrogen) atoms. The number of rotatable bonds is 3. The van der Waals surface area contributed by atoms with Crippen molar-refractivity contribution in [3.8, 4) is 0 Å². The summed E-state index contributed by atoms with van der Waals surface area (Å²) in [7, 11) is 0. The standard InChI is InChI=1S/C15H18/c1-4-8-13-11-7-12-14(9-5-2)15(13)10-6-3/h4-12H,1-3H3. The first kappa shape index (κ1) is 11.5. The molecule has 1 rings (SSSR count). The lowest BCUT2D eigenvalue weighted by Crippen LogP contribution is -1.85. The van der Waals surface area contributed by atoms with Crippen molar-refractivity contribution in [1.82, 2.24) is 0 Å². The lowest BCUT2D eigenvalue weighted by molar-refractivity contribution is 1.55. The second-order valence-electron chi connectivity index (χ2n) is 3.35. The minimum atomic E-state index is 1.27. The molecule has 1 aromatic carbocycles. The Morgan fingerprint density at radius 3 is 1.60 bits per heavy atom. The molecule has 0 saturated carbocycles. The lowest BCUT2D eigenvalue weighted by Gasteiger charge is -2.05. The maximum absolute atomic E-state index is 2.16. The third kappa shape index (κ3) is 2.95. The van der Waals surface area contributed by atoms with E-state index in [0.717, 1.165) is 0 Å². The summed E-state index contributed by atoms with van der Waals surface area (Å²) in [6.45, 7) is 6.13. The van der Waals surface area contributed by atoms with Gasteiger partial charge in [0, 0.05) is 0 Å². The van der Waals surface area contributed by atoms with E-state index in [9.17, 15) is 0 Å². The van der Waals surface area contributed by atoms with E-state index in [1.54, 1.807) is 0 Å². The first-order valence-electron chi connectivity index (χ1n) is 5.34. The van der Waals surface area contributed by atoms with Gasteiger partial charge in [-0.05, 0) is 37.5 Å². The zero-order valence-corrected chi connectivity index (χ0v) is 9.70. The van der Waals surface area contributed by atoms with Crippen molar-refractivity contribution in [2.45, 2.75) is 20.8 Å². The molecule has 0 unspecified atom stereocenters. The third-order valence-electron chi connectivity index (χ3n) is 2.20. The van der Waals surface area contributed by atoms with Gasteiger partial charge in [0.05, 0.1) is 0 Å². The van der Waals surface area contributed by atoms with Gasteiger partial charge in [0.25, 0.3) is 0 Å². The van der Waals surface area contributed by atoms with Gasteiger partial charge < -0.3 is 0 Å². The Morgan fingerprint density at radius 1 is 0.733 bits per heavy atom. The molecule has 0 saturated heterocycles. The molecule has 0 aliphatic rings. The van der Waals surface area contributed by atoms with Gasteiger partial charge in [0.1, 0.15) is 0 Å². The Balaban J connectivity index is 3.33. The highest BCUT2D eigenvalue weighted by molar-refractivity contribution is 5.73. The van der Waals surface area contributed by atoms with Crippen LogP contribution in [0.1, 0.15) is 37.5 Å². The summed E-state index contributed by atoms with van der Waals surface area (Å²) in [5, 5.41) is 0. The molecule has 0 spiro atoms. The van der Waals surface area contributed by atoms with Crippen LogP contribution in [0.5, 0.6) is 0 Å². The highest BCUT2D eigenvalue weighted by Crippen LogP contribution is 2.19. The van der Waals surface area contributed by atoms with E-state index >= 15 is 0 Å². The largest absolute Gasteiger partial charge is 0.0870 e. The van der Waals surface area contributed by atoms with Crippen molar-refractivity contribution >= 4 is 18.2 Å². The van der Waals surface area contributed by atoms with Crippen LogP contribution in [0.3, 0.4) is 0 Å². The SMILES string of the molecule is CC=Cc1cccc(C=CC)c1C=CC. The highest BCUT2D eigenvalue weighted by atomic mass is 14.0. The Labute approximate surface area is 92.6 Å². The van der Waals surface area contributed by atoms with Crippen LogP contribution < -0.4 is 0 Å². The molecule has 0 fully saturated rings. The monoisotopic (exact) mass is 198 g/mol. The first-order chi connectivity index (χ1) is 7.33. The van der Waals surface area contributed by atoms with Gasteiger partial charge in [-0.25, -0.2) is 0 Å². The van der Waals surface area contributed by atoms with Crippen LogP contribution in [-0.4, -0.2) is 0 Å². The molecule has 0 aliphatic carbocycles. The number of hydrogen-bond donors (Lipinski definition) is 0. The van der Waals surface area contributed by atoms with Gasteiger partial charge in [-0.2, -0.15) is 0 Å². The van der Waals surface area contributed by atoms with Crippen LogP contribution in [0.15, 0.2) is 36.4 Å². The molecule has 0 atom stereocenters. The molecule has 0 aliphatic heterocycles. The van der Waals surface area contributed by atoms with Crippen LogP contribution in [0, 0.1) is 0 Å². The van der Waals surface area contributed by atoms with Gasteiger partial charge in [-0.15, -0.1) is 0 Å². The predicted molar refractivity (Wildman–Crippen MR) is 70.6 cm³/mol. The van der Waals surface area contributed by atoms with Crippen molar-refractivity contribution < 1.29 is 0 Å². The van der Waals surface area contributed by atoms with Crippen molar-refractivity contribution in [1.29, 1.82) is 0 Å². The number of hydrogen-bond acceptors (Lipinski definition) is 0. The normalized spacial score (nSPS) is 12.2. The van der Waals surface area contributed by atoms with Crippen LogP contribution >= 0.6 is 0 Å². The maximum atomic E-state index is 2.16. The zero-order valence-electron chi connectivity index (χ0n) is 9.70. The Bertz CT molecular complexity index is 362. The molecule has 0 aromatic heterocycles.